The van der Waals surface area contributed by atoms with E-state index in [2.05, 4.69) is 78.3 Å². The fourth-order valence-electron chi connectivity index (χ4n) is 4.83. The van der Waals surface area contributed by atoms with Crippen LogP contribution in [-0.4, -0.2) is 22.1 Å². The van der Waals surface area contributed by atoms with Gasteiger partial charge < -0.3 is 0 Å². The molecule has 5 aromatic carbocycles. The zero-order valence-electron chi connectivity index (χ0n) is 23.4. The van der Waals surface area contributed by atoms with Gasteiger partial charge in [0.15, 0.2) is 11.6 Å². The predicted molar refractivity (Wildman–Crippen MR) is 180 cm³/mol. The standard InChI is InChI=1S/C37H31BrO2S2/c1-25-13-21-31(22-14-25)41-36(34(39)28-9-5-3-6-10-28)33(27-17-19-30(38)20-18-27)37(35(40)29-11-7-4-8-12-29)42-32-23-15-26(2)16-24-32/h3-24,33,36-37H,1-2H3/t36-,37-/m0/s1. The molecule has 0 amide bonds. The van der Waals surface area contributed by atoms with E-state index in [9.17, 15) is 9.59 Å². The molecule has 0 bridgehead atoms. The van der Waals surface area contributed by atoms with Crippen LogP contribution in [0.2, 0.25) is 0 Å². The molecule has 5 rings (SSSR count). The van der Waals surface area contributed by atoms with Crippen LogP contribution in [0.15, 0.2) is 148 Å². The molecule has 5 heteroatoms. The largest absolute Gasteiger partial charge is 0.293 e. The van der Waals surface area contributed by atoms with Gasteiger partial charge in [-0.2, -0.15) is 0 Å². The van der Waals surface area contributed by atoms with E-state index in [1.54, 1.807) is 0 Å². The van der Waals surface area contributed by atoms with Gasteiger partial charge in [-0.15, -0.1) is 23.5 Å². The van der Waals surface area contributed by atoms with E-state index in [0.29, 0.717) is 11.1 Å². The van der Waals surface area contributed by atoms with Crippen molar-refractivity contribution in [3.05, 3.63) is 166 Å². The Bertz CT molecular complexity index is 1520. The van der Waals surface area contributed by atoms with E-state index in [1.165, 1.54) is 23.5 Å². The second-order valence-corrected chi connectivity index (χ2v) is 13.6. The van der Waals surface area contributed by atoms with Crippen LogP contribution in [-0.2, 0) is 0 Å². The number of hydrogen-bond acceptors (Lipinski definition) is 4. The molecule has 2 atom stereocenters. The summed E-state index contributed by atoms with van der Waals surface area (Å²) < 4.78 is 0.944. The van der Waals surface area contributed by atoms with Crippen LogP contribution in [0.5, 0.6) is 0 Å². The average Bonchev–Trinajstić information content (AvgIpc) is 3.03. The summed E-state index contributed by atoms with van der Waals surface area (Å²) in [6, 6.07) is 43.4. The Morgan fingerprint density at radius 3 is 1.29 bits per heavy atom. The summed E-state index contributed by atoms with van der Waals surface area (Å²) in [5, 5.41) is -1.13. The number of aryl methyl sites for hydroxylation is 2. The Kier molecular flexibility index (Phi) is 10.2. The predicted octanol–water partition coefficient (Wildman–Crippen LogP) is 10.2. The lowest BCUT2D eigenvalue weighted by Gasteiger charge is -2.32. The van der Waals surface area contributed by atoms with Gasteiger partial charge in [-0.1, -0.05) is 124 Å². The topological polar surface area (TPSA) is 34.1 Å². The maximum Gasteiger partial charge on any atom is 0.176 e. The number of carbonyl (C=O) groups excluding carboxylic acids is 2. The van der Waals surface area contributed by atoms with Crippen molar-refractivity contribution in [2.75, 3.05) is 0 Å². The second-order valence-electron chi connectivity index (χ2n) is 10.2. The number of ketones is 2. The molecule has 0 unspecified atom stereocenters. The minimum absolute atomic E-state index is 0.00413. The molecule has 0 radical (unpaired) electrons. The summed E-state index contributed by atoms with van der Waals surface area (Å²) in [6.45, 7) is 4.11. The number of halogens is 1. The Morgan fingerprint density at radius 1 is 0.524 bits per heavy atom. The third-order valence-corrected chi connectivity index (χ3v) is 10.2. The molecule has 5 aromatic rings. The summed E-state index contributed by atoms with van der Waals surface area (Å²) in [6.07, 6.45) is 0. The highest BCUT2D eigenvalue weighted by molar-refractivity contribution is 9.10. The van der Waals surface area contributed by atoms with Crippen molar-refractivity contribution < 1.29 is 9.59 Å². The molecular weight excluding hydrogens is 620 g/mol. The van der Waals surface area contributed by atoms with Gasteiger partial charge in [-0.25, -0.2) is 0 Å². The third kappa shape index (κ3) is 7.52. The monoisotopic (exact) mass is 650 g/mol. The second kappa shape index (κ2) is 14.2. The number of carbonyl (C=O) groups is 2. The van der Waals surface area contributed by atoms with E-state index < -0.39 is 16.4 Å². The van der Waals surface area contributed by atoms with Gasteiger partial charge in [0.2, 0.25) is 0 Å². The molecule has 0 aromatic heterocycles. The first-order valence-electron chi connectivity index (χ1n) is 13.8. The molecule has 0 N–H and O–H groups in total. The number of Topliss-reactive ketones (excluding diaryl/α,β-unsaturated/α-hetero) is 2. The first-order valence-corrected chi connectivity index (χ1v) is 16.3. The van der Waals surface area contributed by atoms with Crippen LogP contribution in [0.3, 0.4) is 0 Å². The third-order valence-electron chi connectivity index (χ3n) is 7.11. The van der Waals surface area contributed by atoms with Gasteiger partial charge in [0.1, 0.15) is 0 Å². The molecular formula is C37H31BrO2S2. The minimum Gasteiger partial charge on any atom is -0.293 e. The fraction of sp³-hybridized carbons (Fsp3) is 0.135. The van der Waals surface area contributed by atoms with E-state index in [4.69, 9.17) is 0 Å². The van der Waals surface area contributed by atoms with Crippen LogP contribution in [0.4, 0.5) is 0 Å². The molecule has 0 aliphatic rings. The molecule has 0 spiro atoms. The van der Waals surface area contributed by atoms with E-state index in [0.717, 1.165) is 31.0 Å². The van der Waals surface area contributed by atoms with Crippen LogP contribution < -0.4 is 0 Å². The SMILES string of the molecule is Cc1ccc(S[C@H](C(=O)c2ccccc2)C(c2ccc(Br)cc2)[C@H](Sc2ccc(C)cc2)C(=O)c2ccccc2)cc1. The molecule has 210 valence electrons. The van der Waals surface area contributed by atoms with Crippen molar-refractivity contribution in [2.45, 2.75) is 40.1 Å². The average molecular weight is 652 g/mol. The lowest BCUT2D eigenvalue weighted by Crippen LogP contribution is -2.36. The van der Waals surface area contributed by atoms with Crippen molar-refractivity contribution >= 4 is 51.0 Å². The summed E-state index contributed by atoms with van der Waals surface area (Å²) >= 11 is 6.65. The Labute approximate surface area is 265 Å². The van der Waals surface area contributed by atoms with Gasteiger partial charge in [-0.05, 0) is 55.8 Å². The van der Waals surface area contributed by atoms with Gasteiger partial charge in [0.05, 0.1) is 10.5 Å². The first-order chi connectivity index (χ1) is 20.4. The van der Waals surface area contributed by atoms with Crippen LogP contribution in [0.25, 0.3) is 0 Å². The highest BCUT2D eigenvalue weighted by atomic mass is 79.9. The van der Waals surface area contributed by atoms with Gasteiger partial charge in [0.25, 0.3) is 0 Å². The number of rotatable bonds is 11. The van der Waals surface area contributed by atoms with Crippen molar-refractivity contribution in [3.63, 3.8) is 0 Å². The summed E-state index contributed by atoms with van der Waals surface area (Å²) in [5.74, 6) is -0.426. The highest BCUT2D eigenvalue weighted by Gasteiger charge is 2.41. The van der Waals surface area contributed by atoms with Crippen LogP contribution >= 0.6 is 39.5 Å². The van der Waals surface area contributed by atoms with E-state index in [-0.39, 0.29) is 11.6 Å². The Morgan fingerprint density at radius 2 is 0.905 bits per heavy atom. The quantitative estimate of drug-likeness (QED) is 0.105. The van der Waals surface area contributed by atoms with Gasteiger partial charge in [0, 0.05) is 31.3 Å². The van der Waals surface area contributed by atoms with Crippen LogP contribution in [0.1, 0.15) is 43.3 Å². The molecule has 0 fully saturated rings. The van der Waals surface area contributed by atoms with Gasteiger partial charge >= 0.3 is 0 Å². The Balaban J connectivity index is 1.69. The molecule has 0 heterocycles. The van der Waals surface area contributed by atoms with Crippen molar-refractivity contribution in [2.24, 2.45) is 0 Å². The van der Waals surface area contributed by atoms with Crippen molar-refractivity contribution in [1.82, 2.24) is 0 Å². The lowest BCUT2D eigenvalue weighted by molar-refractivity contribution is 0.0955. The van der Waals surface area contributed by atoms with Crippen molar-refractivity contribution in [3.8, 4) is 0 Å². The summed E-state index contributed by atoms with van der Waals surface area (Å²) in [5.41, 5.74) is 4.52. The molecule has 0 saturated heterocycles. The number of thioether (sulfide) groups is 2. The van der Waals surface area contributed by atoms with Crippen LogP contribution in [0, 0.1) is 13.8 Å². The summed E-state index contributed by atoms with van der Waals surface area (Å²) in [7, 11) is 0. The molecule has 0 aliphatic heterocycles. The lowest BCUT2D eigenvalue weighted by atomic mass is 9.85. The molecule has 0 saturated carbocycles. The zero-order chi connectivity index (χ0) is 29.5. The van der Waals surface area contributed by atoms with Crippen molar-refractivity contribution in [1.29, 1.82) is 0 Å². The van der Waals surface area contributed by atoms with Gasteiger partial charge in [-0.3, -0.25) is 9.59 Å². The maximum absolute atomic E-state index is 14.5. The molecule has 0 aliphatic carbocycles. The number of hydrogen-bond donors (Lipinski definition) is 0. The fourth-order valence-corrected chi connectivity index (χ4v) is 7.78. The first kappa shape index (κ1) is 30.1. The Hall–Kier alpha value is -3.38. The molecule has 2 nitrogen and oxygen atoms in total. The zero-order valence-corrected chi connectivity index (χ0v) is 26.7. The summed E-state index contributed by atoms with van der Waals surface area (Å²) in [4.78, 5) is 31.0. The maximum atomic E-state index is 14.5. The van der Waals surface area contributed by atoms with E-state index >= 15 is 0 Å². The normalized spacial score (nSPS) is 12.6. The minimum atomic E-state index is -0.563. The molecule has 42 heavy (non-hydrogen) atoms. The highest BCUT2D eigenvalue weighted by Crippen LogP contribution is 2.45. The number of benzene rings is 5. The smallest absolute Gasteiger partial charge is 0.176 e. The van der Waals surface area contributed by atoms with E-state index in [1.807, 2.05) is 84.9 Å².